The second kappa shape index (κ2) is 7.02. The summed E-state index contributed by atoms with van der Waals surface area (Å²) in [6, 6.07) is 7.80. The maximum absolute atomic E-state index is 14.1. The molecule has 3 amide bonds. The van der Waals surface area contributed by atoms with E-state index in [2.05, 4.69) is 37.2 Å². The van der Waals surface area contributed by atoms with Crippen LogP contribution in [0.25, 0.3) is 0 Å². The number of hydrogen-bond donors (Lipinski definition) is 2. The van der Waals surface area contributed by atoms with Crippen LogP contribution in [0.3, 0.4) is 0 Å². The molecule has 0 aliphatic carbocycles. The highest BCUT2D eigenvalue weighted by molar-refractivity contribution is 9.11. The minimum Gasteiger partial charge on any atom is -0.323 e. The Kier molecular flexibility index (Phi) is 4.68. The van der Waals surface area contributed by atoms with Crippen LogP contribution in [0, 0.1) is 5.92 Å². The van der Waals surface area contributed by atoms with Gasteiger partial charge in [-0.05, 0) is 65.6 Å². The van der Waals surface area contributed by atoms with Crippen molar-refractivity contribution in [2.75, 3.05) is 16.8 Å². The van der Waals surface area contributed by atoms with Gasteiger partial charge in [-0.1, -0.05) is 39.1 Å². The zero-order valence-corrected chi connectivity index (χ0v) is 21.6. The normalized spacial score (nSPS) is 32.5. The third-order valence-electron chi connectivity index (χ3n) is 7.36. The Morgan fingerprint density at radius 3 is 2.45 bits per heavy atom. The molecule has 4 heterocycles. The minimum absolute atomic E-state index is 0.246. The summed E-state index contributed by atoms with van der Waals surface area (Å²) >= 11 is 19.3. The maximum Gasteiger partial charge on any atom is 0.257 e. The summed E-state index contributed by atoms with van der Waals surface area (Å²) in [4.78, 5) is 44.8. The molecule has 11 heteroatoms. The summed E-state index contributed by atoms with van der Waals surface area (Å²) < 4.78 is 1.39. The van der Waals surface area contributed by atoms with Crippen LogP contribution < -0.4 is 16.0 Å². The van der Waals surface area contributed by atoms with Crippen molar-refractivity contribution < 1.29 is 14.4 Å². The molecule has 0 saturated carbocycles. The molecule has 4 aliphatic heterocycles. The topological polar surface area (TPSA) is 95.7 Å². The second-order valence-electron chi connectivity index (χ2n) is 8.83. The molecular weight excluding hydrogens is 599 g/mol. The van der Waals surface area contributed by atoms with E-state index in [4.69, 9.17) is 28.9 Å². The first-order valence-electron chi connectivity index (χ1n) is 10.3. The number of carbonyl (C=O) groups excluding carboxylic acids is 3. The van der Waals surface area contributed by atoms with E-state index in [0.29, 0.717) is 28.7 Å². The van der Waals surface area contributed by atoms with Crippen LogP contribution in [-0.4, -0.2) is 40.7 Å². The van der Waals surface area contributed by atoms with E-state index in [9.17, 15) is 14.4 Å². The van der Waals surface area contributed by atoms with Gasteiger partial charge in [-0.2, -0.15) is 0 Å². The van der Waals surface area contributed by atoms with Crippen LogP contribution in [0.4, 0.5) is 11.4 Å². The van der Waals surface area contributed by atoms with Crippen molar-refractivity contribution >= 4 is 84.2 Å². The van der Waals surface area contributed by atoms with Crippen molar-refractivity contribution in [2.45, 2.75) is 30.0 Å². The van der Waals surface area contributed by atoms with Crippen molar-refractivity contribution in [3.8, 4) is 0 Å². The predicted octanol–water partition coefficient (Wildman–Crippen LogP) is 4.03. The van der Waals surface area contributed by atoms with E-state index < -0.39 is 34.7 Å². The number of fused-ring (bicyclic) bond motifs is 7. The number of benzene rings is 2. The van der Waals surface area contributed by atoms with Crippen LogP contribution >= 0.6 is 55.1 Å². The largest absolute Gasteiger partial charge is 0.323 e. The molecule has 3 N–H and O–H groups in total. The van der Waals surface area contributed by atoms with Crippen molar-refractivity contribution in [3.05, 3.63) is 54.9 Å². The van der Waals surface area contributed by atoms with Gasteiger partial charge >= 0.3 is 0 Å². The Balaban J connectivity index is 1.63. The highest BCUT2D eigenvalue weighted by Crippen LogP contribution is 2.62. The minimum atomic E-state index is -1.81. The standard InChI is InChI=1S/C22H16Br2Cl2N4O3/c23-9-4-13-17(14(24)5-9)28-19(32)22(13)21(27)16(15-2-1-3-29(15)22)18(31)30(20(21)33)12-7-10(25)6-11(26)8-12/h4-8,15-16H,1-3,27H2,(H,28,32). The number of anilines is 2. The molecule has 0 bridgehead atoms. The van der Waals surface area contributed by atoms with Gasteiger partial charge < -0.3 is 11.1 Å². The SMILES string of the molecule is NC12C(=O)N(c3cc(Cl)cc(Cl)c3)C(=O)C1C1CCCN1C21C(=O)Nc2c(Br)cc(Br)cc21. The van der Waals surface area contributed by atoms with E-state index in [1.807, 2.05) is 11.0 Å². The molecule has 4 unspecified atom stereocenters. The van der Waals surface area contributed by atoms with E-state index in [-0.39, 0.29) is 21.8 Å². The van der Waals surface area contributed by atoms with Gasteiger partial charge in [-0.25, -0.2) is 4.90 Å². The molecule has 0 radical (unpaired) electrons. The second-order valence-corrected chi connectivity index (χ2v) is 11.5. The first kappa shape index (κ1) is 22.0. The first-order valence-corrected chi connectivity index (χ1v) is 12.7. The summed E-state index contributed by atoms with van der Waals surface area (Å²) in [6.45, 7) is 0.556. The maximum atomic E-state index is 14.1. The average molecular weight is 615 g/mol. The van der Waals surface area contributed by atoms with Gasteiger partial charge in [-0.15, -0.1) is 0 Å². The zero-order valence-electron chi connectivity index (χ0n) is 16.9. The summed E-state index contributed by atoms with van der Waals surface area (Å²) in [5, 5.41) is 3.51. The number of carbonyl (C=O) groups is 3. The smallest absolute Gasteiger partial charge is 0.257 e. The highest BCUT2D eigenvalue weighted by Gasteiger charge is 2.82. The Labute approximate surface area is 215 Å². The van der Waals surface area contributed by atoms with Crippen LogP contribution in [-0.2, 0) is 19.9 Å². The van der Waals surface area contributed by atoms with E-state index in [0.717, 1.165) is 15.8 Å². The van der Waals surface area contributed by atoms with Crippen LogP contribution in [0.2, 0.25) is 10.0 Å². The molecule has 2 aromatic carbocycles. The lowest BCUT2D eigenvalue weighted by Gasteiger charge is -2.41. The molecule has 33 heavy (non-hydrogen) atoms. The third kappa shape index (κ3) is 2.50. The number of nitrogens with two attached hydrogens (primary N) is 1. The van der Waals surface area contributed by atoms with Gasteiger partial charge in [-0.3, -0.25) is 19.3 Å². The molecule has 2 aromatic rings. The van der Waals surface area contributed by atoms with Crippen LogP contribution in [0.15, 0.2) is 39.3 Å². The number of nitrogens with zero attached hydrogens (tertiary/aromatic N) is 2. The quantitative estimate of drug-likeness (QED) is 0.473. The van der Waals surface area contributed by atoms with Gasteiger partial charge in [0, 0.05) is 30.6 Å². The van der Waals surface area contributed by atoms with Gasteiger partial charge in [0.15, 0.2) is 5.54 Å². The van der Waals surface area contributed by atoms with Gasteiger partial charge in [0.2, 0.25) is 5.91 Å². The Bertz CT molecular complexity index is 1290. The number of nitrogens with one attached hydrogen (secondary N) is 1. The molecule has 6 rings (SSSR count). The molecule has 3 fully saturated rings. The fourth-order valence-corrected chi connectivity index (χ4v) is 8.15. The number of amides is 3. The van der Waals surface area contributed by atoms with E-state index >= 15 is 0 Å². The average Bonchev–Trinajstić information content (AvgIpc) is 3.39. The van der Waals surface area contributed by atoms with Crippen LogP contribution in [0.5, 0.6) is 0 Å². The van der Waals surface area contributed by atoms with Crippen molar-refractivity contribution in [3.63, 3.8) is 0 Å². The van der Waals surface area contributed by atoms with Crippen LogP contribution in [0.1, 0.15) is 18.4 Å². The number of imide groups is 1. The fraction of sp³-hybridized carbons (Fsp3) is 0.318. The molecule has 1 spiro atoms. The molecule has 4 aliphatic rings. The lowest BCUT2D eigenvalue weighted by molar-refractivity contribution is -0.137. The molecule has 4 atom stereocenters. The van der Waals surface area contributed by atoms with Crippen molar-refractivity contribution in [2.24, 2.45) is 11.7 Å². The fourth-order valence-electron chi connectivity index (χ4n) is 6.31. The molecule has 0 aromatic heterocycles. The Morgan fingerprint density at radius 2 is 1.76 bits per heavy atom. The Hall–Kier alpha value is -1.49. The summed E-state index contributed by atoms with van der Waals surface area (Å²) in [6.07, 6.45) is 1.45. The lowest BCUT2D eigenvalue weighted by Crippen LogP contribution is -2.69. The van der Waals surface area contributed by atoms with Crippen molar-refractivity contribution in [1.82, 2.24) is 4.90 Å². The zero-order chi connectivity index (χ0) is 23.4. The van der Waals surface area contributed by atoms with Gasteiger partial charge in [0.25, 0.3) is 11.8 Å². The summed E-state index contributed by atoms with van der Waals surface area (Å²) in [5.74, 6) is -2.37. The molecule has 3 saturated heterocycles. The van der Waals surface area contributed by atoms with E-state index in [1.165, 1.54) is 18.2 Å². The number of hydrogen-bond acceptors (Lipinski definition) is 5. The summed E-state index contributed by atoms with van der Waals surface area (Å²) in [7, 11) is 0. The molecule has 170 valence electrons. The first-order chi connectivity index (χ1) is 15.6. The monoisotopic (exact) mass is 612 g/mol. The van der Waals surface area contributed by atoms with E-state index in [1.54, 1.807) is 6.07 Å². The summed E-state index contributed by atoms with van der Waals surface area (Å²) in [5.41, 5.74) is 5.08. The lowest BCUT2D eigenvalue weighted by atomic mass is 9.69. The Morgan fingerprint density at radius 1 is 1.06 bits per heavy atom. The van der Waals surface area contributed by atoms with Crippen molar-refractivity contribution in [1.29, 1.82) is 0 Å². The highest BCUT2D eigenvalue weighted by atomic mass is 79.9. The molecular formula is C22H16Br2Cl2N4O3. The van der Waals surface area contributed by atoms with Gasteiger partial charge in [0.1, 0.15) is 5.54 Å². The third-order valence-corrected chi connectivity index (χ3v) is 8.88. The molecule has 7 nitrogen and oxygen atoms in total. The number of rotatable bonds is 1. The number of halogens is 4. The van der Waals surface area contributed by atoms with Gasteiger partial charge in [0.05, 0.1) is 17.3 Å². The predicted molar refractivity (Wildman–Crippen MR) is 131 cm³/mol.